The van der Waals surface area contributed by atoms with Gasteiger partial charge in [-0.3, -0.25) is 19.6 Å². The Balaban J connectivity index is 1.98. The van der Waals surface area contributed by atoms with Crippen LogP contribution in [0.15, 0.2) is 36.9 Å². The Morgan fingerprint density at radius 1 is 1.40 bits per heavy atom. The number of nitrogens with zero attached hydrogens (tertiary/aromatic N) is 4. The molecule has 1 amide bonds. The molecular formula is C13H12N4O3. The Kier molecular flexibility index (Phi) is 2.94. The summed E-state index contributed by atoms with van der Waals surface area (Å²) in [5.41, 5.74) is 1.63. The van der Waals surface area contributed by atoms with Crippen molar-refractivity contribution in [2.45, 2.75) is 12.8 Å². The van der Waals surface area contributed by atoms with E-state index >= 15 is 0 Å². The molecule has 20 heavy (non-hydrogen) atoms. The molecule has 102 valence electrons. The smallest absolute Gasteiger partial charge is 0.293 e. The third-order valence-electron chi connectivity index (χ3n) is 3.35. The van der Waals surface area contributed by atoms with Crippen LogP contribution in [0.25, 0.3) is 0 Å². The number of imidazole rings is 1. The fourth-order valence-corrected chi connectivity index (χ4v) is 2.41. The predicted molar refractivity (Wildman–Crippen MR) is 71.8 cm³/mol. The van der Waals surface area contributed by atoms with Crippen LogP contribution in [0.3, 0.4) is 0 Å². The predicted octanol–water partition coefficient (Wildman–Crippen LogP) is 2.21. The van der Waals surface area contributed by atoms with Gasteiger partial charge in [-0.15, -0.1) is 0 Å². The monoisotopic (exact) mass is 272 g/mol. The second kappa shape index (κ2) is 4.76. The van der Waals surface area contributed by atoms with Crippen LogP contribution in [0.2, 0.25) is 0 Å². The molecule has 0 radical (unpaired) electrons. The zero-order valence-electron chi connectivity index (χ0n) is 10.6. The number of non-ortho nitro benzene ring substituents is 1. The first-order valence-corrected chi connectivity index (χ1v) is 6.24. The average molecular weight is 272 g/mol. The van der Waals surface area contributed by atoms with Crippen LogP contribution in [0, 0.1) is 10.1 Å². The molecule has 7 nitrogen and oxygen atoms in total. The number of anilines is 1. The Bertz CT molecular complexity index is 666. The van der Waals surface area contributed by atoms with Gasteiger partial charge in [0.25, 0.3) is 5.69 Å². The van der Waals surface area contributed by atoms with Gasteiger partial charge in [-0.05, 0) is 24.5 Å². The van der Waals surface area contributed by atoms with E-state index in [2.05, 4.69) is 4.98 Å². The van der Waals surface area contributed by atoms with Crippen molar-refractivity contribution < 1.29 is 9.72 Å². The number of aromatic nitrogens is 2. The zero-order chi connectivity index (χ0) is 14.1. The highest BCUT2D eigenvalue weighted by molar-refractivity contribution is 5.94. The molecule has 3 rings (SSSR count). The molecule has 0 unspecified atom stereocenters. The second-order valence-electron chi connectivity index (χ2n) is 4.58. The summed E-state index contributed by atoms with van der Waals surface area (Å²) in [5, 5.41) is 10.8. The lowest BCUT2D eigenvalue weighted by molar-refractivity contribution is -0.384. The minimum absolute atomic E-state index is 0.0562. The van der Waals surface area contributed by atoms with Gasteiger partial charge >= 0.3 is 6.03 Å². The van der Waals surface area contributed by atoms with E-state index in [0.29, 0.717) is 6.54 Å². The van der Waals surface area contributed by atoms with Crippen molar-refractivity contribution in [2.75, 3.05) is 11.4 Å². The number of fused-ring (bicyclic) bond motifs is 1. The van der Waals surface area contributed by atoms with Crippen molar-refractivity contribution >= 4 is 17.4 Å². The summed E-state index contributed by atoms with van der Waals surface area (Å²) in [6, 6.07) is 4.42. The van der Waals surface area contributed by atoms with Crippen molar-refractivity contribution in [3.8, 4) is 0 Å². The Morgan fingerprint density at radius 3 is 2.95 bits per heavy atom. The SMILES string of the molecule is O=C(N1CCCc2cc([N+](=O)[O-])ccc21)n1ccnc1. The molecule has 0 fully saturated rings. The summed E-state index contributed by atoms with van der Waals surface area (Å²) in [6.07, 6.45) is 6.10. The summed E-state index contributed by atoms with van der Waals surface area (Å²) in [5.74, 6) is 0. The summed E-state index contributed by atoms with van der Waals surface area (Å²) < 4.78 is 1.40. The molecule has 0 saturated carbocycles. The van der Waals surface area contributed by atoms with Gasteiger partial charge in [0.2, 0.25) is 0 Å². The van der Waals surface area contributed by atoms with Crippen LogP contribution in [-0.4, -0.2) is 27.1 Å². The fourth-order valence-electron chi connectivity index (χ4n) is 2.41. The molecule has 0 aliphatic carbocycles. The summed E-state index contributed by atoms with van der Waals surface area (Å²) in [4.78, 5) is 28.2. The lowest BCUT2D eigenvalue weighted by atomic mass is 10.0. The maximum absolute atomic E-state index is 12.4. The number of rotatable bonds is 1. The van der Waals surface area contributed by atoms with E-state index in [-0.39, 0.29) is 11.7 Å². The summed E-state index contributed by atoms with van der Waals surface area (Å²) >= 11 is 0. The van der Waals surface area contributed by atoms with Gasteiger partial charge in [0.1, 0.15) is 6.33 Å². The molecule has 1 aromatic carbocycles. The molecule has 1 aromatic heterocycles. The first kappa shape index (κ1) is 12.3. The van der Waals surface area contributed by atoms with Crippen LogP contribution in [0.1, 0.15) is 12.0 Å². The first-order chi connectivity index (χ1) is 9.66. The van der Waals surface area contributed by atoms with E-state index in [4.69, 9.17) is 0 Å². The third kappa shape index (κ3) is 2.03. The van der Waals surface area contributed by atoms with Gasteiger partial charge < -0.3 is 0 Å². The van der Waals surface area contributed by atoms with Gasteiger partial charge in [-0.25, -0.2) is 9.78 Å². The Hall–Kier alpha value is -2.70. The standard InChI is InChI=1S/C13H12N4O3/c18-13(15-7-5-14-9-15)16-6-1-2-10-8-11(17(19)20)3-4-12(10)16/h3-5,7-9H,1-2,6H2. The Morgan fingerprint density at radius 2 is 2.25 bits per heavy atom. The molecule has 2 aromatic rings. The number of hydrogen-bond donors (Lipinski definition) is 0. The number of amides is 1. The number of nitro groups is 1. The molecular weight excluding hydrogens is 260 g/mol. The van der Waals surface area contributed by atoms with Crippen LogP contribution in [-0.2, 0) is 6.42 Å². The molecule has 1 aliphatic rings. The minimum atomic E-state index is -0.420. The average Bonchev–Trinajstić information content (AvgIpc) is 2.99. The van der Waals surface area contributed by atoms with Gasteiger partial charge in [0, 0.05) is 36.8 Å². The second-order valence-corrected chi connectivity index (χ2v) is 4.58. The van der Waals surface area contributed by atoms with E-state index < -0.39 is 4.92 Å². The van der Waals surface area contributed by atoms with Crippen molar-refractivity contribution in [1.82, 2.24) is 9.55 Å². The lowest BCUT2D eigenvalue weighted by Gasteiger charge is -2.29. The lowest BCUT2D eigenvalue weighted by Crippen LogP contribution is -2.38. The fraction of sp³-hybridized carbons (Fsp3) is 0.231. The highest BCUT2D eigenvalue weighted by Gasteiger charge is 2.25. The molecule has 0 saturated heterocycles. The number of carbonyl (C=O) groups is 1. The van der Waals surface area contributed by atoms with Crippen molar-refractivity contribution in [3.63, 3.8) is 0 Å². The third-order valence-corrected chi connectivity index (χ3v) is 3.35. The molecule has 0 bridgehead atoms. The van der Waals surface area contributed by atoms with Gasteiger partial charge in [0.15, 0.2) is 0 Å². The highest BCUT2D eigenvalue weighted by atomic mass is 16.6. The van der Waals surface area contributed by atoms with Gasteiger partial charge in [0.05, 0.1) is 4.92 Å². The Labute approximate surface area is 114 Å². The first-order valence-electron chi connectivity index (χ1n) is 6.24. The topological polar surface area (TPSA) is 81.3 Å². The van der Waals surface area contributed by atoms with Crippen LogP contribution in [0.4, 0.5) is 16.2 Å². The van der Waals surface area contributed by atoms with Crippen molar-refractivity contribution in [1.29, 1.82) is 0 Å². The van der Waals surface area contributed by atoms with Crippen LogP contribution < -0.4 is 4.90 Å². The van der Waals surface area contributed by atoms with E-state index in [0.717, 1.165) is 24.1 Å². The maximum Gasteiger partial charge on any atom is 0.333 e. The van der Waals surface area contributed by atoms with Crippen LogP contribution >= 0.6 is 0 Å². The number of benzene rings is 1. The van der Waals surface area contributed by atoms with Crippen LogP contribution in [0.5, 0.6) is 0 Å². The number of aryl methyl sites for hydroxylation is 1. The van der Waals surface area contributed by atoms with Crippen molar-refractivity contribution in [2.24, 2.45) is 0 Å². The molecule has 0 atom stereocenters. The van der Waals surface area contributed by atoms with E-state index in [1.165, 1.54) is 17.0 Å². The zero-order valence-corrected chi connectivity index (χ0v) is 10.6. The van der Waals surface area contributed by atoms with Crippen molar-refractivity contribution in [3.05, 3.63) is 52.6 Å². The summed E-state index contributed by atoms with van der Waals surface area (Å²) in [7, 11) is 0. The number of hydrogen-bond acceptors (Lipinski definition) is 4. The normalized spacial score (nSPS) is 13.9. The highest BCUT2D eigenvalue weighted by Crippen LogP contribution is 2.30. The molecule has 1 aliphatic heterocycles. The minimum Gasteiger partial charge on any atom is -0.293 e. The maximum atomic E-state index is 12.4. The van der Waals surface area contributed by atoms with Gasteiger partial charge in [-0.2, -0.15) is 0 Å². The quantitative estimate of drug-likeness (QED) is 0.588. The van der Waals surface area contributed by atoms with E-state index in [1.54, 1.807) is 29.4 Å². The molecule has 0 spiro atoms. The number of carbonyl (C=O) groups excluding carboxylic acids is 1. The van der Waals surface area contributed by atoms with Gasteiger partial charge in [-0.1, -0.05) is 0 Å². The van der Waals surface area contributed by atoms with E-state index in [9.17, 15) is 14.9 Å². The molecule has 2 heterocycles. The largest absolute Gasteiger partial charge is 0.333 e. The molecule has 0 N–H and O–H groups in total. The summed E-state index contributed by atoms with van der Waals surface area (Å²) in [6.45, 7) is 0.599. The molecule has 7 heteroatoms. The van der Waals surface area contributed by atoms with E-state index in [1.807, 2.05) is 0 Å². The number of nitro benzene ring substituents is 1.